The van der Waals surface area contributed by atoms with Gasteiger partial charge < -0.3 is 4.57 Å². The van der Waals surface area contributed by atoms with E-state index in [2.05, 4.69) is 120 Å². The van der Waals surface area contributed by atoms with Gasteiger partial charge in [0.1, 0.15) is 0 Å². The van der Waals surface area contributed by atoms with Crippen molar-refractivity contribution in [3.8, 4) is 16.8 Å². The van der Waals surface area contributed by atoms with Crippen molar-refractivity contribution >= 4 is 53.3 Å². The molecule has 0 fully saturated rings. The molecule has 0 aliphatic rings. The van der Waals surface area contributed by atoms with Gasteiger partial charge in [0, 0.05) is 36.6 Å². The van der Waals surface area contributed by atoms with Crippen LogP contribution in [-0.2, 0) is 0 Å². The van der Waals surface area contributed by atoms with Crippen molar-refractivity contribution in [2.24, 2.45) is 0 Å². The standard InChI is InChI=1S/C30H19NS/c1-2-8-20(9-3-1)21-14-16-22(17-15-21)31-27-12-6-4-10-23(27)25-18-26-24-11-5-7-13-29(24)32-30(26)19-28(25)31/h1-19H. The summed E-state index contributed by atoms with van der Waals surface area (Å²) in [6.45, 7) is 0. The first-order valence-corrected chi connectivity index (χ1v) is 11.7. The zero-order valence-corrected chi connectivity index (χ0v) is 18.1. The molecule has 5 aromatic carbocycles. The highest BCUT2D eigenvalue weighted by molar-refractivity contribution is 7.25. The molecule has 7 aromatic rings. The largest absolute Gasteiger partial charge is 0.309 e. The minimum Gasteiger partial charge on any atom is -0.309 e. The number of fused-ring (bicyclic) bond motifs is 6. The molecule has 2 heterocycles. The Kier molecular flexibility index (Phi) is 3.78. The van der Waals surface area contributed by atoms with Crippen LogP contribution in [0.1, 0.15) is 0 Å². The summed E-state index contributed by atoms with van der Waals surface area (Å²) in [5.74, 6) is 0. The number of para-hydroxylation sites is 1. The normalized spacial score (nSPS) is 11.8. The van der Waals surface area contributed by atoms with Gasteiger partial charge in [0.15, 0.2) is 0 Å². The number of nitrogens with zero attached hydrogens (tertiary/aromatic N) is 1. The van der Waals surface area contributed by atoms with Crippen LogP contribution in [0.5, 0.6) is 0 Å². The summed E-state index contributed by atoms with van der Waals surface area (Å²) < 4.78 is 5.09. The van der Waals surface area contributed by atoms with Gasteiger partial charge in [-0.25, -0.2) is 0 Å². The SMILES string of the molecule is c1ccc(-c2ccc(-n3c4ccccc4c4cc5c(cc43)sc3ccccc35)cc2)cc1. The first-order chi connectivity index (χ1) is 15.9. The van der Waals surface area contributed by atoms with E-state index in [1.165, 1.54) is 58.8 Å². The van der Waals surface area contributed by atoms with Crippen LogP contribution in [0.4, 0.5) is 0 Å². The Morgan fingerprint density at radius 3 is 1.97 bits per heavy atom. The number of rotatable bonds is 2. The van der Waals surface area contributed by atoms with E-state index in [1.807, 2.05) is 11.3 Å². The number of hydrogen-bond donors (Lipinski definition) is 0. The van der Waals surface area contributed by atoms with Crippen LogP contribution >= 0.6 is 11.3 Å². The second-order valence-electron chi connectivity index (χ2n) is 8.23. The third-order valence-corrected chi connectivity index (χ3v) is 7.54. The molecular formula is C30H19NS. The van der Waals surface area contributed by atoms with Crippen molar-refractivity contribution in [3.05, 3.63) is 115 Å². The Hall–Kier alpha value is -3.88. The molecule has 0 unspecified atom stereocenters. The lowest BCUT2D eigenvalue weighted by molar-refractivity contribution is 1.18. The topological polar surface area (TPSA) is 4.93 Å². The van der Waals surface area contributed by atoms with Gasteiger partial charge in [-0.1, -0.05) is 78.9 Å². The molecule has 0 atom stereocenters. The molecule has 0 spiro atoms. The molecular weight excluding hydrogens is 406 g/mol. The molecule has 0 saturated heterocycles. The lowest BCUT2D eigenvalue weighted by Gasteiger charge is -2.09. The predicted molar refractivity (Wildman–Crippen MR) is 139 cm³/mol. The Morgan fingerprint density at radius 1 is 0.438 bits per heavy atom. The molecule has 0 amide bonds. The van der Waals surface area contributed by atoms with Crippen molar-refractivity contribution in [1.82, 2.24) is 4.57 Å². The van der Waals surface area contributed by atoms with Crippen molar-refractivity contribution in [1.29, 1.82) is 0 Å². The lowest BCUT2D eigenvalue weighted by Crippen LogP contribution is -1.93. The van der Waals surface area contributed by atoms with E-state index in [0.717, 1.165) is 0 Å². The van der Waals surface area contributed by atoms with E-state index < -0.39 is 0 Å². The summed E-state index contributed by atoms with van der Waals surface area (Å²) in [7, 11) is 0. The van der Waals surface area contributed by atoms with Crippen LogP contribution in [0.2, 0.25) is 0 Å². The third-order valence-electron chi connectivity index (χ3n) is 6.40. The second kappa shape index (κ2) is 6.81. The van der Waals surface area contributed by atoms with E-state index in [-0.39, 0.29) is 0 Å². The Labute approximate surface area is 189 Å². The van der Waals surface area contributed by atoms with Crippen LogP contribution in [0, 0.1) is 0 Å². The molecule has 1 nitrogen and oxygen atoms in total. The van der Waals surface area contributed by atoms with Crippen LogP contribution < -0.4 is 0 Å². The number of benzene rings is 5. The highest BCUT2D eigenvalue weighted by atomic mass is 32.1. The van der Waals surface area contributed by atoms with Gasteiger partial charge in [-0.05, 0) is 47.5 Å². The van der Waals surface area contributed by atoms with Gasteiger partial charge in [0.2, 0.25) is 0 Å². The van der Waals surface area contributed by atoms with Gasteiger partial charge in [-0.2, -0.15) is 0 Å². The first-order valence-electron chi connectivity index (χ1n) is 10.9. The molecule has 0 bridgehead atoms. The minimum absolute atomic E-state index is 1.19. The summed E-state index contributed by atoms with van der Waals surface area (Å²) in [5, 5.41) is 5.30. The van der Waals surface area contributed by atoms with Crippen molar-refractivity contribution in [2.45, 2.75) is 0 Å². The van der Waals surface area contributed by atoms with Crippen LogP contribution in [0.15, 0.2) is 115 Å². The lowest BCUT2D eigenvalue weighted by atomic mass is 10.1. The van der Waals surface area contributed by atoms with E-state index in [0.29, 0.717) is 0 Å². The summed E-state index contributed by atoms with van der Waals surface area (Å²) in [5.41, 5.74) is 6.18. The maximum atomic E-state index is 2.41. The Bertz CT molecular complexity index is 1750. The number of hydrogen-bond acceptors (Lipinski definition) is 1. The Balaban J connectivity index is 1.51. The number of thiophene rings is 1. The van der Waals surface area contributed by atoms with Crippen molar-refractivity contribution < 1.29 is 0 Å². The average molecular weight is 426 g/mol. The molecule has 2 heteroatoms. The predicted octanol–water partition coefficient (Wildman–Crippen LogP) is 8.82. The monoisotopic (exact) mass is 425 g/mol. The fourth-order valence-electron chi connectivity index (χ4n) is 4.90. The summed E-state index contributed by atoms with van der Waals surface area (Å²) in [6, 6.07) is 41.7. The molecule has 2 aromatic heterocycles. The van der Waals surface area contributed by atoms with Crippen molar-refractivity contribution in [2.75, 3.05) is 0 Å². The van der Waals surface area contributed by atoms with Gasteiger partial charge in [0.05, 0.1) is 11.0 Å². The maximum Gasteiger partial charge on any atom is 0.0555 e. The minimum atomic E-state index is 1.19. The van der Waals surface area contributed by atoms with Crippen LogP contribution in [-0.4, -0.2) is 4.57 Å². The van der Waals surface area contributed by atoms with Gasteiger partial charge in [-0.15, -0.1) is 11.3 Å². The molecule has 7 rings (SSSR count). The van der Waals surface area contributed by atoms with Gasteiger partial charge in [0.25, 0.3) is 0 Å². The first kappa shape index (κ1) is 17.8. The molecule has 0 aliphatic heterocycles. The van der Waals surface area contributed by atoms with Crippen LogP contribution in [0.3, 0.4) is 0 Å². The third kappa shape index (κ3) is 2.57. The van der Waals surface area contributed by atoms with E-state index in [9.17, 15) is 0 Å². The zero-order valence-electron chi connectivity index (χ0n) is 17.3. The summed E-state index contributed by atoms with van der Waals surface area (Å²) >= 11 is 1.88. The highest BCUT2D eigenvalue weighted by Crippen LogP contribution is 2.40. The maximum absolute atomic E-state index is 2.41. The van der Waals surface area contributed by atoms with Crippen molar-refractivity contribution in [3.63, 3.8) is 0 Å². The fourth-order valence-corrected chi connectivity index (χ4v) is 6.02. The summed E-state index contributed by atoms with van der Waals surface area (Å²) in [6.07, 6.45) is 0. The summed E-state index contributed by atoms with van der Waals surface area (Å²) in [4.78, 5) is 0. The van der Waals surface area contributed by atoms with E-state index in [4.69, 9.17) is 0 Å². The van der Waals surface area contributed by atoms with Gasteiger partial charge >= 0.3 is 0 Å². The van der Waals surface area contributed by atoms with Gasteiger partial charge in [-0.3, -0.25) is 0 Å². The van der Waals surface area contributed by atoms with Crippen LogP contribution in [0.25, 0.3) is 58.8 Å². The molecule has 0 saturated carbocycles. The molecule has 0 radical (unpaired) electrons. The average Bonchev–Trinajstić information content (AvgIpc) is 3.38. The fraction of sp³-hybridized carbons (Fsp3) is 0. The quantitative estimate of drug-likeness (QED) is 0.261. The smallest absolute Gasteiger partial charge is 0.0555 e. The molecule has 150 valence electrons. The van der Waals surface area contributed by atoms with E-state index >= 15 is 0 Å². The molecule has 32 heavy (non-hydrogen) atoms. The molecule has 0 aliphatic carbocycles. The van der Waals surface area contributed by atoms with E-state index in [1.54, 1.807) is 0 Å². The highest BCUT2D eigenvalue weighted by Gasteiger charge is 2.15. The molecule has 0 N–H and O–H groups in total. The zero-order chi connectivity index (χ0) is 21.1. The number of aromatic nitrogens is 1. The second-order valence-corrected chi connectivity index (χ2v) is 9.31. The Morgan fingerprint density at radius 2 is 1.12 bits per heavy atom.